The summed E-state index contributed by atoms with van der Waals surface area (Å²) in [6.07, 6.45) is 4.05. The van der Waals surface area contributed by atoms with Crippen molar-refractivity contribution < 1.29 is 0 Å². The van der Waals surface area contributed by atoms with Gasteiger partial charge in [-0.2, -0.15) is 10.1 Å². The Bertz CT molecular complexity index is 1290. The Morgan fingerprint density at radius 1 is 1.07 bits per heavy atom. The number of hydrogen-bond donors (Lipinski definition) is 0. The van der Waals surface area contributed by atoms with Crippen molar-refractivity contribution in [3.63, 3.8) is 0 Å². The van der Waals surface area contributed by atoms with E-state index < -0.39 is 5.69 Å². The number of aryl methyl sites for hydroxylation is 1. The third-order valence-electron chi connectivity index (χ3n) is 5.36. The van der Waals surface area contributed by atoms with Gasteiger partial charge in [0.2, 0.25) is 5.95 Å². The molecule has 4 rings (SSSR count). The maximum atomic E-state index is 12.9. The number of rotatable bonds is 3. The maximum Gasteiger partial charge on any atom is 0.332 e. The Hall–Kier alpha value is -3.42. The van der Waals surface area contributed by atoms with E-state index in [1.54, 1.807) is 12.1 Å². The fourth-order valence-corrected chi connectivity index (χ4v) is 3.52. The average molecular weight is 406 g/mol. The lowest BCUT2D eigenvalue weighted by Gasteiger charge is -2.30. The van der Waals surface area contributed by atoms with Crippen LogP contribution in [0, 0.1) is 5.41 Å². The summed E-state index contributed by atoms with van der Waals surface area (Å²) in [5.41, 5.74) is 1.92. The molecule has 8 nitrogen and oxygen atoms in total. The molecule has 0 spiro atoms. The van der Waals surface area contributed by atoms with Crippen LogP contribution in [0.2, 0.25) is 0 Å². The van der Waals surface area contributed by atoms with Crippen LogP contribution in [-0.2, 0) is 20.6 Å². The van der Waals surface area contributed by atoms with Crippen LogP contribution in [0.25, 0.3) is 17.2 Å². The van der Waals surface area contributed by atoms with Crippen molar-refractivity contribution in [2.24, 2.45) is 24.6 Å². The molecule has 0 bridgehead atoms. The fourth-order valence-electron chi connectivity index (χ4n) is 3.52. The molecule has 156 valence electrons. The lowest BCUT2D eigenvalue weighted by molar-refractivity contribution is 0.552. The van der Waals surface area contributed by atoms with Gasteiger partial charge in [-0.15, -0.1) is 0 Å². The highest BCUT2D eigenvalue weighted by molar-refractivity contribution is 5.93. The van der Waals surface area contributed by atoms with Gasteiger partial charge in [-0.1, -0.05) is 63.3 Å². The van der Waals surface area contributed by atoms with Gasteiger partial charge in [0.15, 0.2) is 11.2 Å². The summed E-state index contributed by atoms with van der Waals surface area (Å²) in [6, 6.07) is 10.0. The molecule has 30 heavy (non-hydrogen) atoms. The van der Waals surface area contributed by atoms with E-state index in [9.17, 15) is 9.59 Å². The second-order valence-corrected chi connectivity index (χ2v) is 8.57. The minimum Gasteiger partial charge on any atom is -0.297 e. The first-order valence-corrected chi connectivity index (χ1v) is 9.92. The Labute approximate surface area is 174 Å². The van der Waals surface area contributed by atoms with Gasteiger partial charge >= 0.3 is 5.69 Å². The maximum absolute atomic E-state index is 12.9. The van der Waals surface area contributed by atoms with Crippen LogP contribution >= 0.6 is 0 Å². The molecule has 0 saturated carbocycles. The highest BCUT2D eigenvalue weighted by Crippen LogP contribution is 2.28. The first-order chi connectivity index (χ1) is 14.2. The normalized spacial score (nSPS) is 14.4. The molecule has 0 fully saturated rings. The molecule has 0 amide bonds. The standard InChI is InChI=1S/C22H26N6O2/c1-22(2,3)16-14-27-17-18(25(4)21(30)26(5)19(17)29)23-20(27)28(24-16)13-9-12-15-10-7-6-8-11-15/h6-12H,13-14H2,1-5H3. The Morgan fingerprint density at radius 3 is 2.43 bits per heavy atom. The molecule has 0 saturated heterocycles. The first-order valence-electron chi connectivity index (χ1n) is 9.92. The van der Waals surface area contributed by atoms with E-state index >= 15 is 0 Å². The van der Waals surface area contributed by atoms with E-state index in [2.05, 4.69) is 25.8 Å². The summed E-state index contributed by atoms with van der Waals surface area (Å²) < 4.78 is 4.41. The van der Waals surface area contributed by atoms with Crippen molar-refractivity contribution in [2.75, 3.05) is 11.6 Å². The zero-order valence-electron chi connectivity index (χ0n) is 18.0. The summed E-state index contributed by atoms with van der Waals surface area (Å²) in [7, 11) is 3.13. The summed E-state index contributed by atoms with van der Waals surface area (Å²) in [5, 5.41) is 6.64. The van der Waals surface area contributed by atoms with E-state index in [1.807, 2.05) is 47.1 Å². The zero-order valence-corrected chi connectivity index (χ0v) is 18.0. The molecule has 8 heteroatoms. The molecule has 3 heterocycles. The van der Waals surface area contributed by atoms with Gasteiger partial charge in [-0.05, 0) is 5.56 Å². The monoisotopic (exact) mass is 406 g/mol. The van der Waals surface area contributed by atoms with Gasteiger partial charge in [-0.25, -0.2) is 9.80 Å². The molecule has 1 aliphatic heterocycles. The van der Waals surface area contributed by atoms with Gasteiger partial charge in [0, 0.05) is 19.5 Å². The predicted octanol–water partition coefficient (Wildman–Crippen LogP) is 2.37. The molecule has 0 radical (unpaired) electrons. The number of imidazole rings is 1. The van der Waals surface area contributed by atoms with Gasteiger partial charge in [-0.3, -0.25) is 18.5 Å². The first kappa shape index (κ1) is 19.9. The number of fused-ring (bicyclic) bond motifs is 3. The number of aromatic nitrogens is 4. The van der Waals surface area contributed by atoms with Gasteiger partial charge in [0.1, 0.15) is 0 Å². The van der Waals surface area contributed by atoms with Crippen molar-refractivity contribution in [3.8, 4) is 0 Å². The highest BCUT2D eigenvalue weighted by Gasteiger charge is 2.31. The third kappa shape index (κ3) is 3.28. The summed E-state index contributed by atoms with van der Waals surface area (Å²) in [4.78, 5) is 29.9. The molecule has 0 unspecified atom stereocenters. The van der Waals surface area contributed by atoms with E-state index in [0.29, 0.717) is 30.2 Å². The number of hydrogen-bond acceptors (Lipinski definition) is 5. The van der Waals surface area contributed by atoms with E-state index in [4.69, 9.17) is 5.10 Å². The zero-order chi connectivity index (χ0) is 21.6. The summed E-state index contributed by atoms with van der Waals surface area (Å²) >= 11 is 0. The van der Waals surface area contributed by atoms with Gasteiger partial charge in [0.05, 0.1) is 18.8 Å². The Morgan fingerprint density at radius 2 is 1.77 bits per heavy atom. The van der Waals surface area contributed by atoms with Crippen LogP contribution in [0.4, 0.5) is 5.95 Å². The van der Waals surface area contributed by atoms with E-state index in [1.165, 1.54) is 11.6 Å². The number of nitrogens with zero attached hydrogens (tertiary/aromatic N) is 6. The quantitative estimate of drug-likeness (QED) is 0.669. The lowest BCUT2D eigenvalue weighted by atomic mass is 9.89. The van der Waals surface area contributed by atoms with Crippen LogP contribution in [0.1, 0.15) is 26.3 Å². The van der Waals surface area contributed by atoms with Crippen LogP contribution in [-0.4, -0.2) is 30.9 Å². The second-order valence-electron chi connectivity index (χ2n) is 8.57. The minimum absolute atomic E-state index is 0.179. The van der Waals surface area contributed by atoms with Crippen LogP contribution < -0.4 is 16.3 Å². The largest absolute Gasteiger partial charge is 0.332 e. The SMILES string of the molecule is Cn1c(=O)c2c(nc3n2CC(C(C)(C)C)=NN3CC=Cc2ccccc2)n(C)c1=O. The molecule has 1 aliphatic rings. The van der Waals surface area contributed by atoms with Gasteiger partial charge in [0.25, 0.3) is 5.56 Å². The smallest absolute Gasteiger partial charge is 0.297 e. The van der Waals surface area contributed by atoms with Crippen molar-refractivity contribution in [1.82, 2.24) is 18.7 Å². The van der Waals surface area contributed by atoms with Crippen molar-refractivity contribution in [3.05, 3.63) is 62.8 Å². The number of benzene rings is 1. The molecule has 0 aliphatic carbocycles. The fraction of sp³-hybridized carbons (Fsp3) is 0.364. The van der Waals surface area contributed by atoms with Crippen LogP contribution in [0.5, 0.6) is 0 Å². The molecule has 0 atom stereocenters. The second kappa shape index (κ2) is 7.12. The van der Waals surface area contributed by atoms with Crippen LogP contribution in [0.3, 0.4) is 0 Å². The molecule has 1 aromatic carbocycles. The number of anilines is 1. The highest BCUT2D eigenvalue weighted by atomic mass is 16.2. The molecular formula is C22H26N6O2. The van der Waals surface area contributed by atoms with Gasteiger partial charge < -0.3 is 0 Å². The minimum atomic E-state index is -0.393. The van der Waals surface area contributed by atoms with Crippen molar-refractivity contribution >= 4 is 28.9 Å². The topological polar surface area (TPSA) is 77.4 Å². The van der Waals surface area contributed by atoms with Crippen molar-refractivity contribution in [2.45, 2.75) is 27.3 Å². The molecule has 2 aromatic heterocycles. The summed E-state index contributed by atoms with van der Waals surface area (Å²) in [6.45, 7) is 7.25. The molecule has 0 N–H and O–H groups in total. The predicted molar refractivity (Wildman–Crippen MR) is 120 cm³/mol. The van der Waals surface area contributed by atoms with E-state index in [0.717, 1.165) is 15.8 Å². The van der Waals surface area contributed by atoms with Crippen molar-refractivity contribution in [1.29, 1.82) is 0 Å². The molecular weight excluding hydrogens is 380 g/mol. The van der Waals surface area contributed by atoms with E-state index in [-0.39, 0.29) is 11.0 Å². The number of hydrazone groups is 1. The lowest BCUT2D eigenvalue weighted by Crippen LogP contribution is -2.39. The van der Waals surface area contributed by atoms with Crippen LogP contribution in [0.15, 0.2) is 51.1 Å². The third-order valence-corrected chi connectivity index (χ3v) is 5.36. The molecule has 3 aromatic rings. The summed E-state index contributed by atoms with van der Waals surface area (Å²) in [5.74, 6) is 0.564. The average Bonchev–Trinajstić information content (AvgIpc) is 3.11. The Kier molecular flexibility index (Phi) is 4.72. The Balaban J connectivity index is 1.84.